The van der Waals surface area contributed by atoms with Gasteiger partial charge in [0.25, 0.3) is 0 Å². The molecule has 19 heavy (non-hydrogen) atoms. The van der Waals surface area contributed by atoms with Gasteiger partial charge < -0.3 is 9.67 Å². The van der Waals surface area contributed by atoms with E-state index >= 15 is 0 Å². The third-order valence-electron chi connectivity index (χ3n) is 3.16. The summed E-state index contributed by atoms with van der Waals surface area (Å²) in [5.74, 6) is -0.942. The Morgan fingerprint density at radius 1 is 1.42 bits per heavy atom. The van der Waals surface area contributed by atoms with Crippen molar-refractivity contribution < 1.29 is 9.90 Å². The van der Waals surface area contributed by atoms with Gasteiger partial charge in [0.15, 0.2) is 0 Å². The molecule has 0 saturated carbocycles. The molecule has 1 aromatic carbocycles. The first-order valence-corrected chi connectivity index (χ1v) is 6.75. The van der Waals surface area contributed by atoms with Crippen molar-refractivity contribution in [2.45, 2.75) is 13.5 Å². The molecule has 4 nitrogen and oxygen atoms in total. The Balaban J connectivity index is 2.09. The first-order valence-electron chi connectivity index (χ1n) is 5.87. The van der Waals surface area contributed by atoms with Crippen LogP contribution in [0, 0.1) is 6.92 Å². The highest BCUT2D eigenvalue weighted by atomic mass is 32.1. The highest BCUT2D eigenvalue weighted by molar-refractivity contribution is 7.10. The van der Waals surface area contributed by atoms with E-state index in [9.17, 15) is 4.79 Å². The summed E-state index contributed by atoms with van der Waals surface area (Å²) in [6, 6.07) is 7.32. The molecule has 2 heterocycles. The molecule has 0 aliphatic carbocycles. The predicted molar refractivity (Wildman–Crippen MR) is 74.9 cm³/mol. The molecule has 96 valence electrons. The highest BCUT2D eigenvalue weighted by Crippen LogP contribution is 2.22. The predicted octanol–water partition coefficient (Wildman–Crippen LogP) is 3.15. The monoisotopic (exact) mass is 272 g/mol. The minimum atomic E-state index is -0.942. The van der Waals surface area contributed by atoms with Gasteiger partial charge in [0, 0.05) is 4.88 Å². The van der Waals surface area contributed by atoms with Gasteiger partial charge in [-0.25, -0.2) is 9.78 Å². The number of para-hydroxylation sites is 1. The Morgan fingerprint density at radius 2 is 2.26 bits per heavy atom. The quantitative estimate of drug-likeness (QED) is 0.796. The van der Waals surface area contributed by atoms with E-state index in [1.807, 2.05) is 10.6 Å². The van der Waals surface area contributed by atoms with Gasteiger partial charge in [-0.1, -0.05) is 6.07 Å². The number of thiophene rings is 1. The molecule has 3 aromatic rings. The van der Waals surface area contributed by atoms with Gasteiger partial charge in [-0.15, -0.1) is 11.3 Å². The zero-order valence-corrected chi connectivity index (χ0v) is 11.1. The second-order valence-corrected chi connectivity index (χ2v) is 5.38. The molecule has 0 fully saturated rings. The van der Waals surface area contributed by atoms with Gasteiger partial charge in [-0.3, -0.25) is 0 Å². The summed E-state index contributed by atoms with van der Waals surface area (Å²) in [5, 5.41) is 11.2. The number of benzene rings is 1. The van der Waals surface area contributed by atoms with Crippen LogP contribution >= 0.6 is 11.3 Å². The van der Waals surface area contributed by atoms with E-state index in [0.717, 1.165) is 12.1 Å². The lowest BCUT2D eigenvalue weighted by Gasteiger charge is -2.04. The number of imidazole rings is 1. The molecule has 0 unspecified atom stereocenters. The van der Waals surface area contributed by atoms with E-state index in [0.29, 0.717) is 5.52 Å². The zero-order valence-electron chi connectivity index (χ0n) is 10.3. The standard InChI is InChI=1S/C14H12N2O2S/c1-9-5-6-19-12(9)7-16-8-15-13-10(14(17)18)3-2-4-11(13)16/h2-6,8H,7H2,1H3,(H,17,18). The van der Waals surface area contributed by atoms with Crippen LogP contribution in [0.4, 0.5) is 0 Å². The molecule has 3 rings (SSSR count). The lowest BCUT2D eigenvalue weighted by Crippen LogP contribution is -1.99. The van der Waals surface area contributed by atoms with Crippen molar-refractivity contribution in [3.63, 3.8) is 0 Å². The van der Waals surface area contributed by atoms with E-state index in [1.54, 1.807) is 29.8 Å². The number of fused-ring (bicyclic) bond motifs is 1. The Hall–Kier alpha value is -2.14. The van der Waals surface area contributed by atoms with Crippen LogP contribution in [0.15, 0.2) is 36.0 Å². The number of aryl methyl sites for hydroxylation is 1. The Bertz CT molecular complexity index is 758. The van der Waals surface area contributed by atoms with Gasteiger partial charge in [-0.05, 0) is 36.1 Å². The molecule has 5 heteroatoms. The number of rotatable bonds is 3. The SMILES string of the molecule is Cc1ccsc1Cn1cnc2c(C(=O)O)cccc21. The number of hydrogen-bond donors (Lipinski definition) is 1. The van der Waals surface area contributed by atoms with Crippen LogP contribution in [0.5, 0.6) is 0 Å². The molecule has 0 saturated heterocycles. The molecule has 0 aliphatic rings. The van der Waals surface area contributed by atoms with Gasteiger partial charge >= 0.3 is 5.97 Å². The first-order chi connectivity index (χ1) is 9.16. The maximum atomic E-state index is 11.1. The van der Waals surface area contributed by atoms with E-state index in [4.69, 9.17) is 5.11 Å². The topological polar surface area (TPSA) is 55.1 Å². The van der Waals surface area contributed by atoms with Gasteiger partial charge in [0.2, 0.25) is 0 Å². The van der Waals surface area contributed by atoms with Gasteiger partial charge in [-0.2, -0.15) is 0 Å². The summed E-state index contributed by atoms with van der Waals surface area (Å²) in [6.45, 7) is 2.80. The van der Waals surface area contributed by atoms with Crippen LogP contribution in [0.2, 0.25) is 0 Å². The van der Waals surface area contributed by atoms with Crippen molar-refractivity contribution >= 4 is 28.3 Å². The normalized spacial score (nSPS) is 11.0. The summed E-state index contributed by atoms with van der Waals surface area (Å²) in [4.78, 5) is 16.6. The molecule has 0 radical (unpaired) electrons. The van der Waals surface area contributed by atoms with Gasteiger partial charge in [0.05, 0.1) is 24.0 Å². The highest BCUT2D eigenvalue weighted by Gasteiger charge is 2.13. The number of carbonyl (C=O) groups is 1. The minimum Gasteiger partial charge on any atom is -0.478 e. The molecule has 0 aliphatic heterocycles. The van der Waals surface area contributed by atoms with Crippen molar-refractivity contribution in [2.75, 3.05) is 0 Å². The number of hydrogen-bond acceptors (Lipinski definition) is 3. The van der Waals surface area contributed by atoms with Crippen LogP contribution in [0.25, 0.3) is 11.0 Å². The number of nitrogens with zero attached hydrogens (tertiary/aromatic N) is 2. The maximum Gasteiger partial charge on any atom is 0.337 e. The summed E-state index contributed by atoms with van der Waals surface area (Å²) >= 11 is 1.70. The molecule has 2 aromatic heterocycles. The Labute approximate surface area is 113 Å². The second kappa shape index (κ2) is 4.51. The number of aromatic carboxylic acids is 1. The smallest absolute Gasteiger partial charge is 0.337 e. The largest absolute Gasteiger partial charge is 0.478 e. The van der Waals surface area contributed by atoms with Crippen molar-refractivity contribution in [3.8, 4) is 0 Å². The zero-order chi connectivity index (χ0) is 13.4. The fourth-order valence-electron chi connectivity index (χ4n) is 2.11. The van der Waals surface area contributed by atoms with Crippen LogP contribution in [-0.4, -0.2) is 20.6 Å². The molecule has 1 N–H and O–H groups in total. The fraction of sp³-hybridized carbons (Fsp3) is 0.143. The molecular weight excluding hydrogens is 260 g/mol. The van der Waals surface area contributed by atoms with Crippen LogP contribution in [-0.2, 0) is 6.54 Å². The summed E-state index contributed by atoms with van der Waals surface area (Å²) in [7, 11) is 0. The number of carboxylic acids is 1. The van der Waals surface area contributed by atoms with E-state index in [2.05, 4.69) is 23.4 Å². The Kier molecular flexibility index (Phi) is 2.83. The lowest BCUT2D eigenvalue weighted by molar-refractivity contribution is 0.0699. The molecule has 0 amide bonds. The first kappa shape index (κ1) is 11.9. The average molecular weight is 272 g/mol. The summed E-state index contributed by atoms with van der Waals surface area (Å²) in [6.07, 6.45) is 1.70. The second-order valence-electron chi connectivity index (χ2n) is 4.38. The summed E-state index contributed by atoms with van der Waals surface area (Å²) < 4.78 is 1.99. The van der Waals surface area contributed by atoms with E-state index in [1.165, 1.54) is 10.4 Å². The van der Waals surface area contributed by atoms with Crippen molar-refractivity contribution in [2.24, 2.45) is 0 Å². The van der Waals surface area contributed by atoms with Crippen LogP contribution in [0.1, 0.15) is 20.8 Å². The Morgan fingerprint density at radius 3 is 2.95 bits per heavy atom. The van der Waals surface area contributed by atoms with Gasteiger partial charge in [0.1, 0.15) is 5.52 Å². The maximum absolute atomic E-state index is 11.1. The van der Waals surface area contributed by atoms with E-state index in [-0.39, 0.29) is 5.56 Å². The van der Waals surface area contributed by atoms with Crippen molar-refractivity contribution in [1.82, 2.24) is 9.55 Å². The third-order valence-corrected chi connectivity index (χ3v) is 4.17. The van der Waals surface area contributed by atoms with Crippen LogP contribution < -0.4 is 0 Å². The van der Waals surface area contributed by atoms with Crippen molar-refractivity contribution in [3.05, 3.63) is 52.0 Å². The lowest BCUT2D eigenvalue weighted by atomic mass is 10.2. The fourth-order valence-corrected chi connectivity index (χ4v) is 3.01. The van der Waals surface area contributed by atoms with E-state index < -0.39 is 5.97 Å². The number of aromatic nitrogens is 2. The molecular formula is C14H12N2O2S. The molecule has 0 atom stereocenters. The third kappa shape index (κ3) is 2.02. The van der Waals surface area contributed by atoms with Crippen molar-refractivity contribution in [1.29, 1.82) is 0 Å². The molecule has 0 bridgehead atoms. The summed E-state index contributed by atoms with van der Waals surface area (Å²) in [5.41, 5.74) is 2.90. The molecule has 0 spiro atoms. The minimum absolute atomic E-state index is 0.249. The average Bonchev–Trinajstić information content (AvgIpc) is 2.97. The number of carboxylic acid groups (broad SMARTS) is 1. The van der Waals surface area contributed by atoms with Crippen LogP contribution in [0.3, 0.4) is 0 Å².